The first-order valence-corrected chi connectivity index (χ1v) is 6.28. The van der Waals surface area contributed by atoms with E-state index in [1.807, 2.05) is 36.4 Å². The largest absolute Gasteiger partial charge is 0.318 e. The molecule has 0 saturated heterocycles. The van der Waals surface area contributed by atoms with Crippen molar-refractivity contribution in [3.05, 3.63) is 71.5 Å². The van der Waals surface area contributed by atoms with Gasteiger partial charge in [0.2, 0.25) is 0 Å². The maximum absolute atomic E-state index is 14.0. The highest BCUT2D eigenvalue weighted by Gasteiger charge is 2.30. The fourth-order valence-corrected chi connectivity index (χ4v) is 2.39. The van der Waals surface area contributed by atoms with Crippen LogP contribution in [0.4, 0.5) is 4.39 Å². The Kier molecular flexibility index (Phi) is 3.78. The second-order valence-corrected chi connectivity index (χ2v) is 4.57. The molecule has 1 unspecified atom stereocenters. The van der Waals surface area contributed by atoms with Gasteiger partial charge in [0.1, 0.15) is 5.82 Å². The van der Waals surface area contributed by atoms with E-state index in [1.54, 1.807) is 12.1 Å². The van der Waals surface area contributed by atoms with Gasteiger partial charge in [0.05, 0.1) is 5.54 Å². The van der Waals surface area contributed by atoms with Gasteiger partial charge in [0, 0.05) is 5.56 Å². The number of benzene rings is 2. The van der Waals surface area contributed by atoms with Crippen LogP contribution in [-0.2, 0) is 5.54 Å². The standard InChI is InChI=1S/C16H18FN/c1-2-12-16(18,13-8-4-3-5-9-13)14-10-6-7-11-15(14)17/h3-11H,2,12,18H2,1H3. The summed E-state index contributed by atoms with van der Waals surface area (Å²) in [4.78, 5) is 0. The Morgan fingerprint density at radius 2 is 1.61 bits per heavy atom. The van der Waals surface area contributed by atoms with Crippen LogP contribution in [0, 0.1) is 5.82 Å². The van der Waals surface area contributed by atoms with Gasteiger partial charge in [0.25, 0.3) is 0 Å². The molecule has 1 nitrogen and oxygen atoms in total. The molecule has 2 rings (SSSR count). The first-order chi connectivity index (χ1) is 8.68. The third kappa shape index (κ3) is 2.29. The minimum Gasteiger partial charge on any atom is -0.318 e. The van der Waals surface area contributed by atoms with Gasteiger partial charge in [-0.15, -0.1) is 0 Å². The zero-order chi connectivity index (χ0) is 13.0. The molecule has 0 bridgehead atoms. The SMILES string of the molecule is CCCC(N)(c1ccccc1)c1ccccc1F. The summed E-state index contributed by atoms with van der Waals surface area (Å²) in [7, 11) is 0. The Balaban J connectivity index is 2.55. The molecule has 0 aliphatic carbocycles. The van der Waals surface area contributed by atoms with Crippen LogP contribution in [0.1, 0.15) is 30.9 Å². The quantitative estimate of drug-likeness (QED) is 0.867. The van der Waals surface area contributed by atoms with Gasteiger partial charge in [-0.2, -0.15) is 0 Å². The van der Waals surface area contributed by atoms with E-state index in [1.165, 1.54) is 6.07 Å². The Hall–Kier alpha value is -1.67. The molecule has 0 spiro atoms. The predicted octanol–water partition coefficient (Wildman–Crippen LogP) is 3.83. The molecule has 94 valence electrons. The Morgan fingerprint density at radius 3 is 2.22 bits per heavy atom. The average Bonchev–Trinajstić information content (AvgIpc) is 2.40. The number of rotatable bonds is 4. The van der Waals surface area contributed by atoms with Gasteiger partial charge in [0.15, 0.2) is 0 Å². The highest BCUT2D eigenvalue weighted by molar-refractivity contribution is 5.38. The summed E-state index contributed by atoms with van der Waals surface area (Å²) >= 11 is 0. The summed E-state index contributed by atoms with van der Waals surface area (Å²) < 4.78 is 14.0. The van der Waals surface area contributed by atoms with Crippen molar-refractivity contribution in [1.82, 2.24) is 0 Å². The molecule has 0 aliphatic rings. The lowest BCUT2D eigenvalue weighted by Gasteiger charge is -2.30. The second-order valence-electron chi connectivity index (χ2n) is 4.57. The summed E-state index contributed by atoms with van der Waals surface area (Å²) in [5.74, 6) is -0.239. The number of hydrogen-bond acceptors (Lipinski definition) is 1. The minimum absolute atomic E-state index is 0.239. The zero-order valence-corrected chi connectivity index (χ0v) is 10.6. The maximum atomic E-state index is 14.0. The lowest BCUT2D eigenvalue weighted by atomic mass is 9.80. The van der Waals surface area contributed by atoms with Crippen molar-refractivity contribution >= 4 is 0 Å². The van der Waals surface area contributed by atoms with Crippen molar-refractivity contribution in [1.29, 1.82) is 0 Å². The van der Waals surface area contributed by atoms with E-state index in [0.717, 1.165) is 18.4 Å². The van der Waals surface area contributed by atoms with Crippen LogP contribution in [0.15, 0.2) is 54.6 Å². The molecular weight excluding hydrogens is 225 g/mol. The molecule has 0 fully saturated rings. The fraction of sp³-hybridized carbons (Fsp3) is 0.250. The van der Waals surface area contributed by atoms with E-state index in [9.17, 15) is 4.39 Å². The van der Waals surface area contributed by atoms with E-state index in [2.05, 4.69) is 6.92 Å². The summed E-state index contributed by atoms with van der Waals surface area (Å²) in [6, 6.07) is 16.5. The van der Waals surface area contributed by atoms with Crippen LogP contribution in [0.2, 0.25) is 0 Å². The lowest BCUT2D eigenvalue weighted by molar-refractivity contribution is 0.455. The van der Waals surface area contributed by atoms with Crippen LogP contribution in [0.25, 0.3) is 0 Å². The number of hydrogen-bond donors (Lipinski definition) is 1. The van der Waals surface area contributed by atoms with Crippen LogP contribution in [0.3, 0.4) is 0 Å². The zero-order valence-electron chi connectivity index (χ0n) is 10.6. The molecule has 1 atom stereocenters. The summed E-state index contributed by atoms with van der Waals surface area (Å²) in [5, 5.41) is 0. The van der Waals surface area contributed by atoms with E-state index in [-0.39, 0.29) is 5.82 Å². The van der Waals surface area contributed by atoms with E-state index >= 15 is 0 Å². The molecule has 2 N–H and O–H groups in total. The molecule has 2 aromatic carbocycles. The smallest absolute Gasteiger partial charge is 0.128 e. The number of nitrogens with two attached hydrogens (primary N) is 1. The van der Waals surface area contributed by atoms with E-state index in [4.69, 9.17) is 5.73 Å². The molecule has 0 aliphatic heterocycles. The maximum Gasteiger partial charge on any atom is 0.128 e. The highest BCUT2D eigenvalue weighted by atomic mass is 19.1. The van der Waals surface area contributed by atoms with Crippen molar-refractivity contribution in [2.45, 2.75) is 25.3 Å². The van der Waals surface area contributed by atoms with Crippen LogP contribution < -0.4 is 5.73 Å². The van der Waals surface area contributed by atoms with E-state index < -0.39 is 5.54 Å². The summed E-state index contributed by atoms with van der Waals surface area (Å²) in [5.41, 5.74) is 7.29. The fourth-order valence-electron chi connectivity index (χ4n) is 2.39. The molecule has 0 aromatic heterocycles. The van der Waals surface area contributed by atoms with Crippen molar-refractivity contribution in [2.24, 2.45) is 5.73 Å². The first kappa shape index (κ1) is 12.8. The Bertz CT molecular complexity index is 510. The molecular formula is C16H18FN. The molecule has 0 saturated carbocycles. The number of halogens is 1. The molecule has 18 heavy (non-hydrogen) atoms. The van der Waals surface area contributed by atoms with Crippen LogP contribution in [-0.4, -0.2) is 0 Å². The summed E-state index contributed by atoms with van der Waals surface area (Å²) in [6.07, 6.45) is 1.62. The van der Waals surface area contributed by atoms with Gasteiger partial charge >= 0.3 is 0 Å². The van der Waals surface area contributed by atoms with Gasteiger partial charge in [-0.3, -0.25) is 0 Å². The molecule has 0 radical (unpaired) electrons. The Morgan fingerprint density at radius 1 is 1.00 bits per heavy atom. The monoisotopic (exact) mass is 243 g/mol. The van der Waals surface area contributed by atoms with Crippen LogP contribution >= 0.6 is 0 Å². The predicted molar refractivity (Wildman–Crippen MR) is 72.7 cm³/mol. The topological polar surface area (TPSA) is 26.0 Å². The van der Waals surface area contributed by atoms with E-state index in [0.29, 0.717) is 5.56 Å². The molecule has 0 amide bonds. The van der Waals surface area contributed by atoms with Gasteiger partial charge < -0.3 is 5.73 Å². The third-order valence-electron chi connectivity index (χ3n) is 3.29. The van der Waals surface area contributed by atoms with Gasteiger partial charge in [-0.25, -0.2) is 4.39 Å². The Labute approximate surface area is 107 Å². The van der Waals surface area contributed by atoms with Crippen LogP contribution in [0.5, 0.6) is 0 Å². The van der Waals surface area contributed by atoms with Crippen molar-refractivity contribution in [2.75, 3.05) is 0 Å². The molecule has 2 heteroatoms. The van der Waals surface area contributed by atoms with Crippen molar-refractivity contribution in [3.63, 3.8) is 0 Å². The second kappa shape index (κ2) is 5.32. The van der Waals surface area contributed by atoms with Gasteiger partial charge in [-0.1, -0.05) is 61.9 Å². The highest BCUT2D eigenvalue weighted by Crippen LogP contribution is 2.32. The normalized spacial score (nSPS) is 14.2. The first-order valence-electron chi connectivity index (χ1n) is 6.28. The average molecular weight is 243 g/mol. The van der Waals surface area contributed by atoms with Crippen molar-refractivity contribution < 1.29 is 4.39 Å². The third-order valence-corrected chi connectivity index (χ3v) is 3.29. The minimum atomic E-state index is -0.749. The van der Waals surface area contributed by atoms with Gasteiger partial charge in [-0.05, 0) is 18.1 Å². The molecule has 0 heterocycles. The van der Waals surface area contributed by atoms with Crippen molar-refractivity contribution in [3.8, 4) is 0 Å². The molecule has 2 aromatic rings. The summed E-state index contributed by atoms with van der Waals surface area (Å²) in [6.45, 7) is 2.06. The lowest BCUT2D eigenvalue weighted by Crippen LogP contribution is -2.38.